The SMILES string of the molecule is CC(C)CSc1cnc(C(C)C)nc1C(=O)O. The Hall–Kier alpha value is -1.10. The van der Waals surface area contributed by atoms with Crippen molar-refractivity contribution < 1.29 is 9.90 Å². The molecule has 0 amide bonds. The minimum absolute atomic E-state index is 0.120. The Morgan fingerprint density at radius 1 is 1.41 bits per heavy atom. The molecule has 0 aliphatic rings. The third kappa shape index (κ3) is 4.00. The third-order valence-electron chi connectivity index (χ3n) is 2.06. The predicted octanol–water partition coefficient (Wildman–Crippen LogP) is 3.05. The highest BCUT2D eigenvalue weighted by molar-refractivity contribution is 7.99. The minimum Gasteiger partial charge on any atom is -0.476 e. The van der Waals surface area contributed by atoms with Gasteiger partial charge in [-0.3, -0.25) is 0 Å². The molecule has 0 saturated carbocycles. The quantitative estimate of drug-likeness (QED) is 0.818. The highest BCUT2D eigenvalue weighted by Gasteiger charge is 2.16. The fourth-order valence-corrected chi connectivity index (χ4v) is 2.09. The Balaban J connectivity index is 3.00. The molecule has 0 fully saturated rings. The molecular formula is C12H18N2O2S. The van der Waals surface area contributed by atoms with E-state index in [0.29, 0.717) is 16.6 Å². The molecule has 5 heteroatoms. The summed E-state index contributed by atoms with van der Waals surface area (Å²) in [6.45, 7) is 8.08. The van der Waals surface area contributed by atoms with E-state index in [4.69, 9.17) is 5.11 Å². The number of hydrogen-bond donors (Lipinski definition) is 1. The summed E-state index contributed by atoms with van der Waals surface area (Å²) in [4.78, 5) is 20.1. The van der Waals surface area contributed by atoms with Gasteiger partial charge >= 0.3 is 5.97 Å². The summed E-state index contributed by atoms with van der Waals surface area (Å²) < 4.78 is 0. The Bertz CT molecular complexity index is 405. The van der Waals surface area contributed by atoms with Gasteiger partial charge in [0, 0.05) is 17.9 Å². The van der Waals surface area contributed by atoms with Crippen molar-refractivity contribution in [2.75, 3.05) is 5.75 Å². The van der Waals surface area contributed by atoms with E-state index < -0.39 is 5.97 Å². The maximum absolute atomic E-state index is 11.1. The summed E-state index contributed by atoms with van der Waals surface area (Å²) in [6, 6.07) is 0. The molecule has 17 heavy (non-hydrogen) atoms. The van der Waals surface area contributed by atoms with Gasteiger partial charge in [0.05, 0.1) is 4.90 Å². The van der Waals surface area contributed by atoms with E-state index in [1.54, 1.807) is 6.20 Å². The lowest BCUT2D eigenvalue weighted by molar-refractivity contribution is 0.0685. The number of thioether (sulfide) groups is 1. The normalized spacial score (nSPS) is 11.2. The summed E-state index contributed by atoms with van der Waals surface area (Å²) in [7, 11) is 0. The van der Waals surface area contributed by atoms with Crippen LogP contribution < -0.4 is 0 Å². The zero-order chi connectivity index (χ0) is 13.0. The monoisotopic (exact) mass is 254 g/mol. The van der Waals surface area contributed by atoms with E-state index in [0.717, 1.165) is 5.75 Å². The van der Waals surface area contributed by atoms with Crippen molar-refractivity contribution in [1.29, 1.82) is 0 Å². The van der Waals surface area contributed by atoms with Crippen LogP contribution in [0.2, 0.25) is 0 Å². The van der Waals surface area contributed by atoms with Gasteiger partial charge < -0.3 is 5.11 Å². The van der Waals surface area contributed by atoms with Gasteiger partial charge in [0.2, 0.25) is 0 Å². The van der Waals surface area contributed by atoms with Gasteiger partial charge in [-0.05, 0) is 5.92 Å². The van der Waals surface area contributed by atoms with Crippen LogP contribution in [-0.2, 0) is 0 Å². The summed E-state index contributed by atoms with van der Waals surface area (Å²) >= 11 is 1.50. The molecule has 0 aliphatic heterocycles. The number of rotatable bonds is 5. The number of carbonyl (C=O) groups is 1. The van der Waals surface area contributed by atoms with Crippen molar-refractivity contribution in [3.05, 3.63) is 17.7 Å². The van der Waals surface area contributed by atoms with E-state index in [2.05, 4.69) is 23.8 Å². The Kier molecular flexibility index (Phi) is 4.93. The van der Waals surface area contributed by atoms with E-state index in [-0.39, 0.29) is 11.6 Å². The molecule has 1 rings (SSSR count). The molecule has 0 unspecified atom stereocenters. The van der Waals surface area contributed by atoms with Gasteiger partial charge in [-0.15, -0.1) is 11.8 Å². The standard InChI is InChI=1S/C12H18N2O2S/c1-7(2)6-17-9-5-13-11(8(3)4)14-10(9)12(15)16/h5,7-8H,6H2,1-4H3,(H,15,16). The van der Waals surface area contributed by atoms with Crippen LogP contribution in [0.1, 0.15) is 49.9 Å². The number of nitrogens with zero attached hydrogens (tertiary/aromatic N) is 2. The van der Waals surface area contributed by atoms with Gasteiger partial charge in [-0.1, -0.05) is 27.7 Å². The van der Waals surface area contributed by atoms with Crippen LogP contribution in [0, 0.1) is 5.92 Å². The van der Waals surface area contributed by atoms with E-state index >= 15 is 0 Å². The lowest BCUT2D eigenvalue weighted by Crippen LogP contribution is -2.09. The smallest absolute Gasteiger partial charge is 0.355 e. The molecular weight excluding hydrogens is 236 g/mol. The van der Waals surface area contributed by atoms with Crippen LogP contribution in [0.15, 0.2) is 11.1 Å². The molecule has 1 N–H and O–H groups in total. The largest absolute Gasteiger partial charge is 0.476 e. The summed E-state index contributed by atoms with van der Waals surface area (Å²) in [5.74, 6) is 1.10. The molecule has 1 aromatic heterocycles. The fraction of sp³-hybridized carbons (Fsp3) is 0.583. The van der Waals surface area contributed by atoms with Gasteiger partial charge in [0.1, 0.15) is 5.82 Å². The lowest BCUT2D eigenvalue weighted by atomic mass is 10.2. The first-order valence-corrected chi connectivity index (χ1v) is 6.63. The molecule has 4 nitrogen and oxygen atoms in total. The van der Waals surface area contributed by atoms with Crippen molar-refractivity contribution in [3.63, 3.8) is 0 Å². The van der Waals surface area contributed by atoms with Crippen molar-refractivity contribution in [3.8, 4) is 0 Å². The predicted molar refractivity (Wildman–Crippen MR) is 68.6 cm³/mol. The van der Waals surface area contributed by atoms with Crippen LogP contribution in [0.3, 0.4) is 0 Å². The molecule has 0 radical (unpaired) electrons. The number of carboxylic acids is 1. The van der Waals surface area contributed by atoms with E-state index in [1.165, 1.54) is 11.8 Å². The average Bonchev–Trinajstić information content (AvgIpc) is 2.25. The number of carboxylic acid groups (broad SMARTS) is 1. The molecule has 0 saturated heterocycles. The molecule has 1 heterocycles. The molecule has 0 atom stereocenters. The second-order valence-corrected chi connectivity index (χ2v) is 5.67. The van der Waals surface area contributed by atoms with E-state index in [9.17, 15) is 4.79 Å². The molecule has 0 spiro atoms. The van der Waals surface area contributed by atoms with E-state index in [1.807, 2.05) is 13.8 Å². The van der Waals surface area contributed by atoms with Crippen molar-refractivity contribution >= 4 is 17.7 Å². The van der Waals surface area contributed by atoms with Crippen LogP contribution >= 0.6 is 11.8 Å². The van der Waals surface area contributed by atoms with Gasteiger partial charge in [0.25, 0.3) is 0 Å². The second kappa shape index (κ2) is 6.00. The first-order valence-electron chi connectivity index (χ1n) is 5.64. The second-order valence-electron chi connectivity index (χ2n) is 4.61. The van der Waals surface area contributed by atoms with Crippen molar-refractivity contribution in [2.45, 2.75) is 38.5 Å². The van der Waals surface area contributed by atoms with Gasteiger partial charge in [0.15, 0.2) is 5.69 Å². The topological polar surface area (TPSA) is 63.1 Å². The number of aromatic carboxylic acids is 1. The average molecular weight is 254 g/mol. The summed E-state index contributed by atoms with van der Waals surface area (Å²) in [5, 5.41) is 9.13. The third-order valence-corrected chi connectivity index (χ3v) is 3.51. The van der Waals surface area contributed by atoms with Crippen molar-refractivity contribution in [2.24, 2.45) is 5.92 Å². The fourth-order valence-electron chi connectivity index (χ4n) is 1.18. The highest BCUT2D eigenvalue weighted by atomic mass is 32.2. The molecule has 0 bridgehead atoms. The summed E-state index contributed by atoms with van der Waals surface area (Å²) in [5.41, 5.74) is 0.120. The Morgan fingerprint density at radius 3 is 2.53 bits per heavy atom. The van der Waals surface area contributed by atoms with Crippen LogP contribution in [0.5, 0.6) is 0 Å². The lowest BCUT2D eigenvalue weighted by Gasteiger charge is -2.09. The Labute approximate surface area is 106 Å². The first kappa shape index (κ1) is 14.0. The van der Waals surface area contributed by atoms with Crippen LogP contribution in [0.25, 0.3) is 0 Å². The summed E-state index contributed by atoms with van der Waals surface area (Å²) in [6.07, 6.45) is 1.62. The maximum atomic E-state index is 11.1. The van der Waals surface area contributed by atoms with Gasteiger partial charge in [-0.25, -0.2) is 14.8 Å². The molecule has 1 aromatic rings. The highest BCUT2D eigenvalue weighted by Crippen LogP contribution is 2.24. The number of hydrogen-bond acceptors (Lipinski definition) is 4. The molecule has 94 valence electrons. The molecule has 0 aromatic carbocycles. The number of aromatic nitrogens is 2. The van der Waals surface area contributed by atoms with Crippen LogP contribution in [-0.4, -0.2) is 26.8 Å². The Morgan fingerprint density at radius 2 is 2.06 bits per heavy atom. The first-order chi connectivity index (χ1) is 7.91. The van der Waals surface area contributed by atoms with Crippen molar-refractivity contribution in [1.82, 2.24) is 9.97 Å². The molecule has 0 aliphatic carbocycles. The van der Waals surface area contributed by atoms with Gasteiger partial charge in [-0.2, -0.15) is 0 Å². The van der Waals surface area contributed by atoms with Crippen LogP contribution in [0.4, 0.5) is 0 Å². The zero-order valence-corrected chi connectivity index (χ0v) is 11.4. The zero-order valence-electron chi connectivity index (χ0n) is 10.6. The maximum Gasteiger partial charge on any atom is 0.355 e. The minimum atomic E-state index is -0.986.